The summed E-state index contributed by atoms with van der Waals surface area (Å²) in [6.45, 7) is 2.63. The van der Waals surface area contributed by atoms with E-state index in [4.69, 9.17) is 5.11 Å². The largest absolute Gasteiger partial charge is 0.481 e. The Morgan fingerprint density at radius 3 is 2.62 bits per heavy atom. The molecule has 1 aromatic carbocycles. The molecule has 3 aromatic rings. The zero-order valence-electron chi connectivity index (χ0n) is 18.3. The molecule has 5 N–H and O–H groups in total. The van der Waals surface area contributed by atoms with Gasteiger partial charge in [-0.1, -0.05) is 6.07 Å². The van der Waals surface area contributed by atoms with Crippen molar-refractivity contribution >= 4 is 45.1 Å². The first-order valence-electron chi connectivity index (χ1n) is 10.4. The van der Waals surface area contributed by atoms with Gasteiger partial charge in [0.1, 0.15) is 18.5 Å². The molecule has 3 rings (SSSR count). The zero-order chi connectivity index (χ0) is 24.8. The van der Waals surface area contributed by atoms with Gasteiger partial charge in [0.05, 0.1) is 20.8 Å². The van der Waals surface area contributed by atoms with Crippen molar-refractivity contribution in [2.75, 3.05) is 11.4 Å². The Morgan fingerprint density at radius 1 is 1.21 bits per heavy atom. The number of aliphatic hydroxyl groups is 1. The summed E-state index contributed by atoms with van der Waals surface area (Å²) in [5.41, 5.74) is 0.980. The fraction of sp³-hybridized carbons (Fsp3) is 0.318. The van der Waals surface area contributed by atoms with E-state index in [2.05, 4.69) is 15.3 Å². The lowest BCUT2D eigenvalue weighted by Gasteiger charge is -2.21. The molecule has 2 heterocycles. The quantitative estimate of drug-likeness (QED) is 0.268. The van der Waals surface area contributed by atoms with Gasteiger partial charge in [0.2, 0.25) is 0 Å². The number of carboxylic acid groups (broad SMARTS) is 2. The molecule has 0 aliphatic heterocycles. The summed E-state index contributed by atoms with van der Waals surface area (Å²) in [5.74, 6) is -2.84. The third-order valence-corrected chi connectivity index (χ3v) is 6.25. The Morgan fingerprint density at radius 2 is 1.97 bits per heavy atom. The number of carbonyl (C=O) groups excluding carboxylic acids is 1. The second-order valence-corrected chi connectivity index (χ2v) is 8.53. The molecule has 11 nitrogen and oxygen atoms in total. The molecule has 0 spiro atoms. The highest BCUT2D eigenvalue weighted by Gasteiger charge is 2.23. The molecule has 1 atom stereocenters. The van der Waals surface area contributed by atoms with E-state index < -0.39 is 23.9 Å². The van der Waals surface area contributed by atoms with Gasteiger partial charge in [0.15, 0.2) is 0 Å². The van der Waals surface area contributed by atoms with Crippen LogP contribution in [0, 0.1) is 0 Å². The van der Waals surface area contributed by atoms with Crippen molar-refractivity contribution in [2.45, 2.75) is 39.0 Å². The number of hydrogen-bond acceptors (Lipinski definition) is 8. The van der Waals surface area contributed by atoms with Crippen molar-refractivity contribution in [1.82, 2.24) is 15.3 Å². The molecule has 34 heavy (non-hydrogen) atoms. The van der Waals surface area contributed by atoms with E-state index >= 15 is 0 Å². The van der Waals surface area contributed by atoms with Gasteiger partial charge in [-0.15, -0.1) is 11.3 Å². The number of thiophene rings is 1. The minimum Gasteiger partial charge on any atom is -0.481 e. The van der Waals surface area contributed by atoms with Crippen LogP contribution in [-0.2, 0) is 22.7 Å². The first-order chi connectivity index (χ1) is 16.2. The number of aliphatic carboxylic acids is 2. The summed E-state index contributed by atoms with van der Waals surface area (Å²) < 4.78 is 0. The van der Waals surface area contributed by atoms with Crippen molar-refractivity contribution in [3.63, 3.8) is 0 Å². The van der Waals surface area contributed by atoms with Gasteiger partial charge in [-0.05, 0) is 43.2 Å². The van der Waals surface area contributed by atoms with Crippen molar-refractivity contribution < 1.29 is 29.7 Å². The second-order valence-electron chi connectivity index (χ2n) is 7.47. The second kappa shape index (κ2) is 10.9. The molecule has 0 unspecified atom stereocenters. The molecule has 0 saturated carbocycles. The molecule has 180 valence electrons. The topological polar surface area (TPSA) is 173 Å². The number of aliphatic hydroxyl groups excluding tert-OH is 1. The normalized spacial score (nSPS) is 11.8. The number of rotatable bonds is 11. The molecule has 0 radical (unpaired) electrons. The van der Waals surface area contributed by atoms with E-state index in [0.717, 1.165) is 10.6 Å². The molecule has 0 aliphatic carbocycles. The van der Waals surface area contributed by atoms with Crippen LogP contribution in [0.25, 0.3) is 10.9 Å². The van der Waals surface area contributed by atoms with Crippen LogP contribution in [-0.4, -0.2) is 55.7 Å². The molecule has 0 saturated heterocycles. The van der Waals surface area contributed by atoms with Gasteiger partial charge in [0, 0.05) is 19.5 Å². The van der Waals surface area contributed by atoms with Crippen LogP contribution in [0.4, 0.5) is 5.00 Å². The predicted octanol–water partition coefficient (Wildman–Crippen LogP) is 1.55. The number of fused-ring (bicyclic) bond motifs is 1. The maximum absolute atomic E-state index is 12.5. The maximum atomic E-state index is 12.5. The van der Waals surface area contributed by atoms with E-state index in [0.29, 0.717) is 28.9 Å². The number of nitrogens with one attached hydrogen (secondary N) is 2. The first kappa shape index (κ1) is 24.9. The molecule has 0 fully saturated rings. The molecular formula is C22H24N4O7S. The summed E-state index contributed by atoms with van der Waals surface area (Å²) in [6.07, 6.45) is -0.590. The van der Waals surface area contributed by atoms with Crippen molar-refractivity contribution in [3.8, 4) is 0 Å². The molecule has 12 heteroatoms. The van der Waals surface area contributed by atoms with Crippen LogP contribution in [0.3, 0.4) is 0 Å². The first-order valence-corrected chi connectivity index (χ1v) is 11.3. The Kier molecular flexibility index (Phi) is 7.97. The van der Waals surface area contributed by atoms with Gasteiger partial charge >= 0.3 is 11.9 Å². The SMILES string of the molecule is CCN(Cc1ccc2nc(CO)[nH]c(=O)c2c1)c1ccc(C(=O)N[C@@H](CCC(=O)O)C(=O)O)s1. The lowest BCUT2D eigenvalue weighted by Crippen LogP contribution is -2.40. The van der Waals surface area contributed by atoms with Crippen molar-refractivity contribution in [1.29, 1.82) is 0 Å². The Labute approximate surface area is 197 Å². The van der Waals surface area contributed by atoms with E-state index in [1.807, 2.05) is 17.9 Å². The minimum atomic E-state index is -1.30. The number of anilines is 1. The fourth-order valence-electron chi connectivity index (χ4n) is 3.35. The zero-order valence-corrected chi connectivity index (χ0v) is 19.1. The smallest absolute Gasteiger partial charge is 0.326 e. The number of carboxylic acids is 2. The van der Waals surface area contributed by atoms with E-state index in [9.17, 15) is 29.4 Å². The van der Waals surface area contributed by atoms with E-state index in [1.54, 1.807) is 24.3 Å². The third-order valence-electron chi connectivity index (χ3n) is 5.10. The number of aromatic amines is 1. The highest BCUT2D eigenvalue weighted by Crippen LogP contribution is 2.28. The Bertz CT molecular complexity index is 1270. The average molecular weight is 489 g/mol. The highest BCUT2D eigenvalue weighted by atomic mass is 32.1. The number of benzene rings is 1. The molecule has 2 aromatic heterocycles. The van der Waals surface area contributed by atoms with Crippen LogP contribution < -0.4 is 15.8 Å². The van der Waals surface area contributed by atoms with Gasteiger partial charge in [0.25, 0.3) is 11.5 Å². The summed E-state index contributed by atoms with van der Waals surface area (Å²) in [4.78, 5) is 55.9. The molecule has 0 aliphatic rings. The van der Waals surface area contributed by atoms with Crippen LogP contribution in [0.1, 0.15) is 40.8 Å². The predicted molar refractivity (Wildman–Crippen MR) is 125 cm³/mol. The van der Waals surface area contributed by atoms with Crippen molar-refractivity contribution in [3.05, 3.63) is 57.0 Å². The van der Waals surface area contributed by atoms with Gasteiger partial charge in [-0.2, -0.15) is 0 Å². The van der Waals surface area contributed by atoms with Gasteiger partial charge in [-0.3, -0.25) is 14.4 Å². The number of amides is 1. The number of aromatic nitrogens is 2. The lowest BCUT2D eigenvalue weighted by molar-refractivity contribution is -0.140. The lowest BCUT2D eigenvalue weighted by atomic mass is 10.1. The summed E-state index contributed by atoms with van der Waals surface area (Å²) in [6, 6.07) is 7.31. The molecule has 0 bridgehead atoms. The van der Waals surface area contributed by atoms with Crippen LogP contribution in [0.2, 0.25) is 0 Å². The monoisotopic (exact) mass is 488 g/mol. The molecular weight excluding hydrogens is 464 g/mol. The van der Waals surface area contributed by atoms with Crippen LogP contribution in [0.5, 0.6) is 0 Å². The van der Waals surface area contributed by atoms with Gasteiger partial charge < -0.3 is 30.5 Å². The fourth-order valence-corrected chi connectivity index (χ4v) is 4.32. The highest BCUT2D eigenvalue weighted by molar-refractivity contribution is 7.18. The summed E-state index contributed by atoms with van der Waals surface area (Å²) >= 11 is 1.18. The van der Waals surface area contributed by atoms with Crippen LogP contribution >= 0.6 is 11.3 Å². The van der Waals surface area contributed by atoms with Crippen LogP contribution in [0.15, 0.2) is 35.1 Å². The molecule has 1 amide bonds. The summed E-state index contributed by atoms with van der Waals surface area (Å²) in [7, 11) is 0. The Hall–Kier alpha value is -3.77. The maximum Gasteiger partial charge on any atom is 0.326 e. The minimum absolute atomic E-state index is 0.193. The average Bonchev–Trinajstić information content (AvgIpc) is 3.30. The summed E-state index contributed by atoms with van der Waals surface area (Å²) in [5, 5.41) is 30.8. The number of carbonyl (C=O) groups is 3. The number of H-pyrrole nitrogens is 1. The van der Waals surface area contributed by atoms with E-state index in [1.165, 1.54) is 11.3 Å². The third kappa shape index (κ3) is 5.97. The number of nitrogens with zero attached hydrogens (tertiary/aromatic N) is 2. The Balaban J connectivity index is 1.74. The van der Waals surface area contributed by atoms with Crippen molar-refractivity contribution in [2.24, 2.45) is 0 Å². The van der Waals surface area contributed by atoms with E-state index in [-0.39, 0.29) is 30.8 Å². The standard InChI is InChI=1S/C22H24N4O7S/c1-2-26(10-12-3-4-14-13(9-12)20(30)25-17(11-27)23-14)18-7-6-16(34-18)21(31)24-15(22(32)33)5-8-19(28)29/h3-4,6-7,9,15,27H,2,5,8,10-11H2,1H3,(H,24,31)(H,28,29)(H,32,33)(H,23,25,30)/t15-/m0/s1. The van der Waals surface area contributed by atoms with Gasteiger partial charge in [-0.25, -0.2) is 9.78 Å². The number of hydrogen-bond donors (Lipinski definition) is 5.